The van der Waals surface area contributed by atoms with Crippen molar-refractivity contribution < 1.29 is 49.8 Å². The Balaban J connectivity index is 0.000000328. The van der Waals surface area contributed by atoms with E-state index in [1.165, 1.54) is 0 Å². The molecule has 0 aromatic heterocycles. The van der Waals surface area contributed by atoms with Crippen LogP contribution < -0.4 is 0 Å². The summed E-state index contributed by atoms with van der Waals surface area (Å²) in [7, 11) is 1.94. The van der Waals surface area contributed by atoms with Crippen LogP contribution in [0.1, 0.15) is 39.5 Å². The third-order valence-electron chi connectivity index (χ3n) is 7.69. The Kier molecular flexibility index (Phi) is 9.23. The van der Waals surface area contributed by atoms with E-state index in [0.29, 0.717) is 24.9 Å². The number of aliphatic hydroxyl groups is 4. The van der Waals surface area contributed by atoms with Crippen LogP contribution in [-0.2, 0) is 19.1 Å². The normalized spacial score (nSPS) is 37.2. The zero-order valence-corrected chi connectivity index (χ0v) is 19.3. The lowest BCUT2D eigenvalue weighted by Crippen LogP contribution is -2.39. The fourth-order valence-corrected chi connectivity index (χ4v) is 5.84. The molecule has 11 nitrogen and oxygen atoms in total. The summed E-state index contributed by atoms with van der Waals surface area (Å²) in [5.74, 6) is -2.57. The van der Waals surface area contributed by atoms with Crippen LogP contribution in [0.3, 0.4) is 0 Å². The van der Waals surface area contributed by atoms with E-state index in [9.17, 15) is 19.5 Å². The molecule has 3 fully saturated rings. The number of esters is 1. The van der Waals surface area contributed by atoms with Crippen molar-refractivity contribution in [2.24, 2.45) is 29.1 Å². The fraction of sp³-hybridized carbons (Fsp3) is 0.864. The van der Waals surface area contributed by atoms with Crippen molar-refractivity contribution in [2.45, 2.75) is 63.9 Å². The average Bonchev–Trinajstić information content (AvgIpc) is 3.14. The molecule has 2 unspecified atom stereocenters. The summed E-state index contributed by atoms with van der Waals surface area (Å²) in [4.78, 5) is 34.0. The van der Waals surface area contributed by atoms with Gasteiger partial charge in [0.2, 0.25) is 0 Å². The number of fused-ring (bicyclic) bond motifs is 2. The second-order valence-electron chi connectivity index (χ2n) is 9.92. The Bertz CT molecular complexity index is 699. The number of likely N-dealkylation sites (N-methyl/N-ethyl adjacent to an activating group) is 1. The van der Waals surface area contributed by atoms with Crippen molar-refractivity contribution >= 4 is 17.9 Å². The SMILES string of the molecule is C[C@@H]1C[C@@H]2OC(=O)[C@@H](CN(C)CCO)[C@H]2C[C@]2(C)[C@@H](O)CC[C@@H]12.O=C(O)C(O)C(O)C(=O)O. The predicted molar refractivity (Wildman–Crippen MR) is 114 cm³/mol. The number of ether oxygens (including phenoxy) is 1. The second-order valence-corrected chi connectivity index (χ2v) is 9.92. The maximum atomic E-state index is 12.4. The molecule has 0 aromatic carbocycles. The van der Waals surface area contributed by atoms with Gasteiger partial charge in [0.1, 0.15) is 6.10 Å². The third-order valence-corrected chi connectivity index (χ3v) is 7.69. The van der Waals surface area contributed by atoms with Crippen LogP contribution >= 0.6 is 0 Å². The van der Waals surface area contributed by atoms with Gasteiger partial charge in [-0.3, -0.25) is 4.79 Å². The van der Waals surface area contributed by atoms with Gasteiger partial charge in [0, 0.05) is 19.0 Å². The first kappa shape index (κ1) is 27.5. The molecule has 1 saturated heterocycles. The van der Waals surface area contributed by atoms with Crippen LogP contribution in [0, 0.1) is 29.1 Å². The van der Waals surface area contributed by atoms with Crippen LogP contribution in [0.2, 0.25) is 0 Å². The fourth-order valence-electron chi connectivity index (χ4n) is 5.84. The predicted octanol–water partition coefficient (Wildman–Crippen LogP) is -0.847. The minimum atomic E-state index is -2.27. The first-order chi connectivity index (χ1) is 15.3. The molecular formula is C22H37NO10. The van der Waals surface area contributed by atoms with Gasteiger partial charge < -0.3 is 40.3 Å². The van der Waals surface area contributed by atoms with Crippen molar-refractivity contribution in [1.29, 1.82) is 0 Å². The van der Waals surface area contributed by atoms with Crippen LogP contribution in [0.5, 0.6) is 0 Å². The highest BCUT2D eigenvalue weighted by atomic mass is 16.6. The average molecular weight is 476 g/mol. The van der Waals surface area contributed by atoms with Gasteiger partial charge in [0.15, 0.2) is 12.2 Å². The quantitative estimate of drug-likeness (QED) is 0.252. The van der Waals surface area contributed by atoms with Crippen LogP contribution in [0.25, 0.3) is 0 Å². The monoisotopic (exact) mass is 475 g/mol. The number of carbonyl (C=O) groups is 3. The molecule has 3 aliphatic rings. The molecule has 0 aromatic rings. The van der Waals surface area contributed by atoms with Crippen molar-refractivity contribution in [2.75, 3.05) is 26.7 Å². The van der Waals surface area contributed by atoms with Gasteiger partial charge in [-0.05, 0) is 50.0 Å². The maximum absolute atomic E-state index is 12.4. The highest BCUT2D eigenvalue weighted by molar-refractivity contribution is 5.83. The number of hydrogen-bond acceptors (Lipinski definition) is 9. The Hall–Kier alpha value is -1.79. The van der Waals surface area contributed by atoms with Crippen LogP contribution in [-0.4, -0.2) is 105 Å². The molecule has 0 radical (unpaired) electrons. The van der Waals surface area contributed by atoms with Gasteiger partial charge in [0.25, 0.3) is 0 Å². The van der Waals surface area contributed by atoms with E-state index in [2.05, 4.69) is 13.8 Å². The number of nitrogens with zero attached hydrogens (tertiary/aromatic N) is 1. The molecule has 190 valence electrons. The highest BCUT2D eigenvalue weighted by Gasteiger charge is 2.57. The molecule has 2 aliphatic carbocycles. The highest BCUT2D eigenvalue weighted by Crippen LogP contribution is 2.57. The molecule has 0 spiro atoms. The zero-order chi connectivity index (χ0) is 25.1. The summed E-state index contributed by atoms with van der Waals surface area (Å²) in [5, 5.41) is 52.2. The Morgan fingerprint density at radius 3 is 2.27 bits per heavy atom. The topological polar surface area (TPSA) is 185 Å². The van der Waals surface area contributed by atoms with Crippen molar-refractivity contribution in [1.82, 2.24) is 4.90 Å². The Morgan fingerprint density at radius 1 is 1.18 bits per heavy atom. The van der Waals surface area contributed by atoms with E-state index in [1.54, 1.807) is 0 Å². The summed E-state index contributed by atoms with van der Waals surface area (Å²) in [6.45, 7) is 5.77. The molecule has 11 heteroatoms. The number of aliphatic carboxylic acids is 2. The van der Waals surface area contributed by atoms with Gasteiger partial charge in [-0.15, -0.1) is 0 Å². The van der Waals surface area contributed by atoms with Gasteiger partial charge in [-0.1, -0.05) is 13.8 Å². The van der Waals surface area contributed by atoms with E-state index in [-0.39, 0.29) is 42.0 Å². The first-order valence-electron chi connectivity index (χ1n) is 11.3. The zero-order valence-electron chi connectivity index (χ0n) is 19.3. The molecule has 0 amide bonds. The molecule has 33 heavy (non-hydrogen) atoms. The Morgan fingerprint density at radius 2 is 1.76 bits per heavy atom. The van der Waals surface area contributed by atoms with Crippen molar-refractivity contribution in [3.8, 4) is 0 Å². The molecule has 1 heterocycles. The number of carboxylic acid groups (broad SMARTS) is 2. The molecule has 2 saturated carbocycles. The summed E-state index contributed by atoms with van der Waals surface area (Å²) in [6, 6.07) is 0. The number of carbonyl (C=O) groups excluding carboxylic acids is 1. The van der Waals surface area contributed by atoms with Gasteiger partial charge >= 0.3 is 17.9 Å². The minimum Gasteiger partial charge on any atom is -0.479 e. The van der Waals surface area contributed by atoms with E-state index in [1.807, 2.05) is 11.9 Å². The van der Waals surface area contributed by atoms with Crippen molar-refractivity contribution in [3.63, 3.8) is 0 Å². The summed E-state index contributed by atoms with van der Waals surface area (Å²) in [5.41, 5.74) is -0.0966. The number of aliphatic hydroxyl groups excluding tert-OH is 4. The number of rotatable bonds is 7. The maximum Gasteiger partial charge on any atom is 0.335 e. The van der Waals surface area contributed by atoms with Gasteiger partial charge in [-0.2, -0.15) is 0 Å². The smallest absolute Gasteiger partial charge is 0.335 e. The molecule has 9 atom stereocenters. The lowest BCUT2D eigenvalue weighted by molar-refractivity contribution is -0.165. The number of carboxylic acids is 2. The van der Waals surface area contributed by atoms with Gasteiger partial charge in [0.05, 0.1) is 18.6 Å². The summed E-state index contributed by atoms with van der Waals surface area (Å²) in [6.07, 6.45) is -1.04. The molecule has 3 rings (SSSR count). The van der Waals surface area contributed by atoms with E-state index in [4.69, 9.17) is 30.3 Å². The standard InChI is InChI=1S/C18H31NO4.C4H6O6/c1-11-8-15-12(9-18(2)14(11)4-5-16(18)21)13(17(22)23-15)10-19(3)6-7-20;5-1(3(7)8)2(6)4(9)10/h11-16,20-21H,4-10H2,1-3H3;1-2,5-6H,(H,7,8)(H,9,10)/t11-,12-,13+,14+,15+,16+,18+;/m1./s1. The largest absolute Gasteiger partial charge is 0.479 e. The van der Waals surface area contributed by atoms with E-state index < -0.39 is 24.1 Å². The lowest BCUT2D eigenvalue weighted by Gasteiger charge is -2.37. The summed E-state index contributed by atoms with van der Waals surface area (Å²) < 4.78 is 5.74. The molecule has 0 bridgehead atoms. The minimum absolute atomic E-state index is 0.000323. The Labute approximate surface area is 193 Å². The van der Waals surface area contributed by atoms with Crippen molar-refractivity contribution in [3.05, 3.63) is 0 Å². The van der Waals surface area contributed by atoms with Gasteiger partial charge in [-0.25, -0.2) is 9.59 Å². The van der Waals surface area contributed by atoms with E-state index >= 15 is 0 Å². The van der Waals surface area contributed by atoms with Crippen LogP contribution in [0.4, 0.5) is 0 Å². The number of hydrogen-bond donors (Lipinski definition) is 6. The third kappa shape index (κ3) is 6.02. The lowest BCUT2D eigenvalue weighted by atomic mass is 9.68. The molecular weight excluding hydrogens is 438 g/mol. The molecule has 6 N–H and O–H groups in total. The first-order valence-corrected chi connectivity index (χ1v) is 11.3. The second kappa shape index (κ2) is 11.1. The van der Waals surface area contributed by atoms with E-state index in [0.717, 1.165) is 25.7 Å². The van der Waals surface area contributed by atoms with Crippen LogP contribution in [0.15, 0.2) is 0 Å². The summed E-state index contributed by atoms with van der Waals surface area (Å²) >= 11 is 0. The molecule has 1 aliphatic heterocycles.